The van der Waals surface area contributed by atoms with Crippen molar-refractivity contribution in [3.8, 4) is 0 Å². The van der Waals surface area contributed by atoms with Gasteiger partial charge in [-0.3, -0.25) is 14.6 Å². The van der Waals surface area contributed by atoms with E-state index >= 15 is 0 Å². The first-order valence-electron chi connectivity index (χ1n) is 9.91. The number of aryl methyl sites for hydroxylation is 1. The molecule has 0 aliphatic carbocycles. The van der Waals surface area contributed by atoms with Crippen molar-refractivity contribution in [2.75, 3.05) is 44.3 Å². The summed E-state index contributed by atoms with van der Waals surface area (Å²) in [5.41, 5.74) is 3.14. The fraction of sp³-hybridized carbons (Fsp3) is 0.304. The number of amides is 1. The molecule has 1 fully saturated rings. The molecule has 0 N–H and O–H groups in total. The summed E-state index contributed by atoms with van der Waals surface area (Å²) in [6, 6.07) is 16.1. The molecule has 158 valence electrons. The van der Waals surface area contributed by atoms with Gasteiger partial charge in [0.25, 0.3) is 5.91 Å². The lowest BCUT2D eigenvalue weighted by molar-refractivity contribution is -0.114. The van der Waals surface area contributed by atoms with E-state index in [1.807, 2.05) is 42.5 Å². The molecule has 5 nitrogen and oxygen atoms in total. The SMILES string of the molecule is Cc1ccc2nc(N(CCN3CCOCC3)C(=O)/C=C/c3ccccc3)sc2c1.Cl. The predicted molar refractivity (Wildman–Crippen MR) is 127 cm³/mol. The van der Waals surface area contributed by atoms with E-state index in [4.69, 9.17) is 9.72 Å². The fourth-order valence-corrected chi connectivity index (χ4v) is 4.42. The van der Waals surface area contributed by atoms with Gasteiger partial charge in [0.15, 0.2) is 5.13 Å². The van der Waals surface area contributed by atoms with Gasteiger partial charge in [-0.05, 0) is 36.3 Å². The summed E-state index contributed by atoms with van der Waals surface area (Å²) in [5.74, 6) is -0.0436. The maximum Gasteiger partial charge on any atom is 0.252 e. The van der Waals surface area contributed by atoms with Crippen LogP contribution >= 0.6 is 23.7 Å². The molecule has 1 aliphatic heterocycles. The van der Waals surface area contributed by atoms with Crippen LogP contribution in [0.2, 0.25) is 0 Å². The van der Waals surface area contributed by atoms with Crippen LogP contribution in [-0.4, -0.2) is 55.2 Å². The largest absolute Gasteiger partial charge is 0.379 e. The third-order valence-electron chi connectivity index (χ3n) is 4.99. The zero-order valence-corrected chi connectivity index (χ0v) is 18.6. The molecule has 1 amide bonds. The van der Waals surface area contributed by atoms with E-state index < -0.39 is 0 Å². The van der Waals surface area contributed by atoms with Crippen LogP contribution < -0.4 is 4.90 Å². The number of aromatic nitrogens is 1. The molecule has 30 heavy (non-hydrogen) atoms. The molecule has 0 spiro atoms. The number of carbonyl (C=O) groups is 1. The molecule has 1 saturated heterocycles. The Morgan fingerprint density at radius 2 is 1.97 bits per heavy atom. The molecule has 0 unspecified atom stereocenters. The third-order valence-corrected chi connectivity index (χ3v) is 6.03. The Bertz CT molecular complexity index is 1000. The number of carbonyl (C=O) groups excluding carboxylic acids is 1. The highest BCUT2D eigenvalue weighted by Crippen LogP contribution is 2.29. The number of fused-ring (bicyclic) bond motifs is 1. The van der Waals surface area contributed by atoms with Crippen molar-refractivity contribution in [3.05, 3.63) is 65.7 Å². The first kappa shape index (κ1) is 22.4. The highest BCUT2D eigenvalue weighted by atomic mass is 35.5. The Labute approximate surface area is 187 Å². The van der Waals surface area contributed by atoms with Crippen LogP contribution in [0.15, 0.2) is 54.6 Å². The van der Waals surface area contributed by atoms with Crippen LogP contribution in [0, 0.1) is 6.92 Å². The van der Waals surface area contributed by atoms with Crippen molar-refractivity contribution in [1.82, 2.24) is 9.88 Å². The van der Waals surface area contributed by atoms with Crippen molar-refractivity contribution in [2.24, 2.45) is 0 Å². The number of morpholine rings is 1. The van der Waals surface area contributed by atoms with Gasteiger partial charge in [0, 0.05) is 32.3 Å². The minimum atomic E-state index is -0.0436. The van der Waals surface area contributed by atoms with Crippen LogP contribution in [0.5, 0.6) is 0 Å². The predicted octanol–water partition coefficient (Wildman–Crippen LogP) is 4.41. The molecule has 4 rings (SSSR count). The Morgan fingerprint density at radius 3 is 2.73 bits per heavy atom. The van der Waals surface area contributed by atoms with Crippen LogP contribution in [0.1, 0.15) is 11.1 Å². The molecule has 2 aromatic carbocycles. The van der Waals surface area contributed by atoms with Gasteiger partial charge < -0.3 is 4.74 Å². The number of halogens is 1. The number of ether oxygens (including phenoxy) is 1. The molecule has 1 aromatic heterocycles. The number of thiazole rings is 1. The number of nitrogens with zero attached hydrogens (tertiary/aromatic N) is 3. The fourth-order valence-electron chi connectivity index (χ4n) is 3.32. The smallest absolute Gasteiger partial charge is 0.252 e. The average Bonchev–Trinajstić information content (AvgIpc) is 3.16. The molecule has 0 atom stereocenters. The monoisotopic (exact) mass is 443 g/mol. The Morgan fingerprint density at radius 1 is 1.20 bits per heavy atom. The Kier molecular flexibility index (Phi) is 7.99. The van der Waals surface area contributed by atoms with E-state index in [0.717, 1.165) is 53.8 Å². The maximum absolute atomic E-state index is 13.1. The first-order chi connectivity index (χ1) is 14.2. The zero-order chi connectivity index (χ0) is 20.1. The van der Waals surface area contributed by atoms with Crippen LogP contribution in [0.4, 0.5) is 5.13 Å². The number of rotatable bonds is 6. The highest BCUT2D eigenvalue weighted by molar-refractivity contribution is 7.22. The molecule has 2 heterocycles. The number of hydrogen-bond donors (Lipinski definition) is 0. The summed E-state index contributed by atoms with van der Waals surface area (Å²) in [4.78, 5) is 22.0. The van der Waals surface area contributed by atoms with Crippen molar-refractivity contribution in [1.29, 1.82) is 0 Å². The Hall–Kier alpha value is -2.25. The number of hydrogen-bond acceptors (Lipinski definition) is 5. The molecule has 1 aliphatic rings. The van der Waals surface area contributed by atoms with E-state index in [-0.39, 0.29) is 18.3 Å². The van der Waals surface area contributed by atoms with Crippen molar-refractivity contribution in [2.45, 2.75) is 6.92 Å². The summed E-state index contributed by atoms with van der Waals surface area (Å²) in [5, 5.41) is 0.751. The molecule has 3 aromatic rings. The summed E-state index contributed by atoms with van der Waals surface area (Å²) in [7, 11) is 0. The standard InChI is InChI=1S/C23H25N3O2S.ClH/c1-18-7-9-20-21(17-18)29-23(24-20)26(12-11-25-13-15-28-16-14-25)22(27)10-8-19-5-3-2-4-6-19;/h2-10,17H,11-16H2,1H3;1H/b10-8+;. The average molecular weight is 444 g/mol. The normalized spacial score (nSPS) is 14.7. The number of anilines is 1. The van der Waals surface area contributed by atoms with E-state index in [9.17, 15) is 4.79 Å². The molecule has 0 radical (unpaired) electrons. The second-order valence-electron chi connectivity index (χ2n) is 7.16. The molecule has 0 bridgehead atoms. The van der Waals surface area contributed by atoms with Gasteiger partial charge in [-0.1, -0.05) is 47.7 Å². The van der Waals surface area contributed by atoms with E-state index in [2.05, 4.69) is 24.0 Å². The topological polar surface area (TPSA) is 45.7 Å². The van der Waals surface area contributed by atoms with Crippen molar-refractivity contribution in [3.63, 3.8) is 0 Å². The van der Waals surface area contributed by atoms with E-state index in [1.54, 1.807) is 22.3 Å². The molecule has 7 heteroatoms. The van der Waals surface area contributed by atoms with Crippen LogP contribution in [0.3, 0.4) is 0 Å². The first-order valence-corrected chi connectivity index (χ1v) is 10.7. The minimum absolute atomic E-state index is 0. The lowest BCUT2D eigenvalue weighted by atomic mass is 10.2. The van der Waals surface area contributed by atoms with Gasteiger partial charge in [-0.15, -0.1) is 12.4 Å². The quantitative estimate of drug-likeness (QED) is 0.529. The lowest BCUT2D eigenvalue weighted by Crippen LogP contribution is -2.42. The molecule has 0 saturated carbocycles. The van der Waals surface area contributed by atoms with Gasteiger partial charge in [0.05, 0.1) is 23.4 Å². The maximum atomic E-state index is 13.1. The van der Waals surface area contributed by atoms with E-state index in [1.165, 1.54) is 5.56 Å². The second-order valence-corrected chi connectivity index (χ2v) is 8.16. The van der Waals surface area contributed by atoms with Gasteiger partial charge in [0.1, 0.15) is 0 Å². The lowest BCUT2D eigenvalue weighted by Gasteiger charge is -2.28. The van der Waals surface area contributed by atoms with Crippen LogP contribution in [0.25, 0.3) is 16.3 Å². The van der Waals surface area contributed by atoms with Gasteiger partial charge in [-0.25, -0.2) is 4.98 Å². The zero-order valence-electron chi connectivity index (χ0n) is 17.0. The number of benzene rings is 2. The minimum Gasteiger partial charge on any atom is -0.379 e. The van der Waals surface area contributed by atoms with E-state index in [0.29, 0.717) is 6.54 Å². The summed E-state index contributed by atoms with van der Waals surface area (Å²) in [6.45, 7) is 6.80. The summed E-state index contributed by atoms with van der Waals surface area (Å²) < 4.78 is 6.54. The van der Waals surface area contributed by atoms with Gasteiger partial charge in [0.2, 0.25) is 0 Å². The van der Waals surface area contributed by atoms with Crippen molar-refractivity contribution >= 4 is 51.1 Å². The van der Waals surface area contributed by atoms with Crippen molar-refractivity contribution < 1.29 is 9.53 Å². The highest BCUT2D eigenvalue weighted by Gasteiger charge is 2.20. The van der Waals surface area contributed by atoms with Gasteiger partial charge >= 0.3 is 0 Å². The second kappa shape index (κ2) is 10.7. The third kappa shape index (κ3) is 5.67. The van der Waals surface area contributed by atoms with Crippen LogP contribution in [-0.2, 0) is 9.53 Å². The molecular formula is C23H26ClN3O2S. The summed E-state index contributed by atoms with van der Waals surface area (Å²) in [6.07, 6.45) is 3.51. The Balaban J connectivity index is 0.00000256. The summed E-state index contributed by atoms with van der Waals surface area (Å²) >= 11 is 1.57. The van der Waals surface area contributed by atoms with Gasteiger partial charge in [-0.2, -0.15) is 0 Å². The molecular weight excluding hydrogens is 418 g/mol.